The second-order valence-electron chi connectivity index (χ2n) is 2.82. The molecule has 0 bridgehead atoms. The lowest BCUT2D eigenvalue weighted by molar-refractivity contribution is 0.283. The van der Waals surface area contributed by atoms with Crippen LogP contribution in [0.5, 0.6) is 0 Å². The third-order valence-electron chi connectivity index (χ3n) is 1.79. The molecule has 5 heteroatoms. The van der Waals surface area contributed by atoms with Crippen LogP contribution in [0.4, 0.5) is 0 Å². The van der Waals surface area contributed by atoms with Crippen LogP contribution in [0.15, 0.2) is 18.2 Å². The first kappa shape index (κ1) is 11.5. The highest BCUT2D eigenvalue weighted by Gasteiger charge is 2.03. The van der Waals surface area contributed by atoms with E-state index in [9.17, 15) is 0 Å². The normalized spacial score (nSPS) is 10.2. The molecule has 0 spiro atoms. The standard InChI is InChI=1S/C9H12BClNO2/c11-8-1-2-9(7(5-8)6-14)10-12-3-4-13/h1-2,5,12-14H,3-4,6H2. The zero-order valence-corrected chi connectivity index (χ0v) is 8.46. The summed E-state index contributed by atoms with van der Waals surface area (Å²) in [5.74, 6) is 0. The fourth-order valence-electron chi connectivity index (χ4n) is 1.10. The molecule has 0 aliphatic rings. The number of benzene rings is 1. The minimum absolute atomic E-state index is 0.0484. The first-order valence-electron chi connectivity index (χ1n) is 4.34. The van der Waals surface area contributed by atoms with Crippen molar-refractivity contribution in [3.8, 4) is 0 Å². The van der Waals surface area contributed by atoms with E-state index in [-0.39, 0.29) is 13.2 Å². The van der Waals surface area contributed by atoms with Gasteiger partial charge >= 0.3 is 0 Å². The molecule has 0 saturated heterocycles. The molecule has 14 heavy (non-hydrogen) atoms. The fraction of sp³-hybridized carbons (Fsp3) is 0.333. The monoisotopic (exact) mass is 212 g/mol. The first-order chi connectivity index (χ1) is 6.77. The van der Waals surface area contributed by atoms with Crippen molar-refractivity contribution in [2.45, 2.75) is 6.61 Å². The molecule has 0 unspecified atom stereocenters. The number of aliphatic hydroxyl groups is 2. The van der Waals surface area contributed by atoms with Gasteiger partial charge in [0.25, 0.3) is 0 Å². The van der Waals surface area contributed by atoms with Crippen LogP contribution in [-0.4, -0.2) is 30.8 Å². The molecule has 1 aromatic rings. The van der Waals surface area contributed by atoms with Gasteiger partial charge in [-0.25, -0.2) is 0 Å². The van der Waals surface area contributed by atoms with Gasteiger partial charge in [-0.05, 0) is 17.7 Å². The average Bonchev–Trinajstić information content (AvgIpc) is 2.20. The summed E-state index contributed by atoms with van der Waals surface area (Å²) in [6.45, 7) is 0.527. The smallest absolute Gasteiger partial charge is 0.245 e. The fourth-order valence-corrected chi connectivity index (χ4v) is 1.29. The van der Waals surface area contributed by atoms with E-state index >= 15 is 0 Å². The highest BCUT2D eigenvalue weighted by atomic mass is 35.5. The Kier molecular flexibility index (Phi) is 4.97. The number of aliphatic hydroxyl groups excluding tert-OH is 2. The van der Waals surface area contributed by atoms with Crippen LogP contribution in [0.25, 0.3) is 0 Å². The molecule has 0 amide bonds. The third kappa shape index (κ3) is 3.31. The van der Waals surface area contributed by atoms with Crippen molar-refractivity contribution in [2.24, 2.45) is 0 Å². The number of halogens is 1. The average molecular weight is 212 g/mol. The van der Waals surface area contributed by atoms with Gasteiger partial charge in [-0.3, -0.25) is 0 Å². The molecule has 0 aromatic heterocycles. The van der Waals surface area contributed by atoms with Gasteiger partial charge in [0.05, 0.1) is 13.2 Å². The highest BCUT2D eigenvalue weighted by Crippen LogP contribution is 2.08. The maximum atomic E-state index is 9.04. The summed E-state index contributed by atoms with van der Waals surface area (Å²) in [6, 6.07) is 5.29. The summed E-state index contributed by atoms with van der Waals surface area (Å²) in [7, 11) is 1.75. The van der Waals surface area contributed by atoms with E-state index < -0.39 is 0 Å². The first-order valence-corrected chi connectivity index (χ1v) is 4.72. The predicted molar refractivity (Wildman–Crippen MR) is 57.9 cm³/mol. The van der Waals surface area contributed by atoms with Gasteiger partial charge in [0, 0.05) is 11.6 Å². The Balaban J connectivity index is 2.65. The Hall–Kier alpha value is -0.545. The molecule has 0 saturated carbocycles. The molecule has 0 aliphatic carbocycles. The molecule has 0 fully saturated rings. The number of nitrogens with one attached hydrogen (secondary N) is 1. The predicted octanol–water partition coefficient (Wildman–Crippen LogP) is -0.341. The van der Waals surface area contributed by atoms with E-state index in [0.29, 0.717) is 11.6 Å². The SMILES string of the molecule is OCCN[B]c1ccc(Cl)cc1CO. The maximum absolute atomic E-state index is 9.04. The molecule has 0 atom stereocenters. The zero-order chi connectivity index (χ0) is 10.4. The van der Waals surface area contributed by atoms with Crippen LogP contribution >= 0.6 is 11.6 Å². The minimum Gasteiger partial charge on any atom is -0.395 e. The van der Waals surface area contributed by atoms with Crippen LogP contribution in [-0.2, 0) is 6.61 Å². The minimum atomic E-state index is -0.0484. The Labute approximate surface area is 89.0 Å². The Morgan fingerprint density at radius 2 is 2.14 bits per heavy atom. The summed E-state index contributed by atoms with van der Waals surface area (Å²) < 4.78 is 0. The lowest BCUT2D eigenvalue weighted by Crippen LogP contribution is -2.34. The molecule has 0 aliphatic heterocycles. The largest absolute Gasteiger partial charge is 0.395 e. The Morgan fingerprint density at radius 3 is 2.79 bits per heavy atom. The molecule has 1 rings (SSSR count). The number of hydrogen-bond donors (Lipinski definition) is 3. The van der Waals surface area contributed by atoms with Gasteiger partial charge in [-0.15, -0.1) is 0 Å². The molecular formula is C9H12BClNO2. The van der Waals surface area contributed by atoms with Crippen LogP contribution in [0.1, 0.15) is 5.56 Å². The van der Waals surface area contributed by atoms with Crippen molar-refractivity contribution in [2.75, 3.05) is 13.2 Å². The Morgan fingerprint density at radius 1 is 1.36 bits per heavy atom. The van der Waals surface area contributed by atoms with Gasteiger partial charge in [-0.1, -0.05) is 23.1 Å². The quantitative estimate of drug-likeness (QED) is 0.462. The van der Waals surface area contributed by atoms with E-state index in [4.69, 9.17) is 21.8 Å². The van der Waals surface area contributed by atoms with Crippen molar-refractivity contribution in [3.63, 3.8) is 0 Å². The van der Waals surface area contributed by atoms with Crippen molar-refractivity contribution < 1.29 is 10.2 Å². The maximum Gasteiger partial charge on any atom is 0.245 e. The van der Waals surface area contributed by atoms with Crippen molar-refractivity contribution >= 4 is 24.5 Å². The lowest BCUT2D eigenvalue weighted by atomic mass is 9.79. The number of hydrogen-bond acceptors (Lipinski definition) is 3. The molecule has 0 heterocycles. The molecule has 75 valence electrons. The summed E-state index contributed by atoms with van der Waals surface area (Å²) in [5.41, 5.74) is 1.65. The molecule has 1 radical (unpaired) electrons. The van der Waals surface area contributed by atoms with Gasteiger partial charge in [-0.2, -0.15) is 0 Å². The topological polar surface area (TPSA) is 52.5 Å². The molecule has 3 N–H and O–H groups in total. The Bertz CT molecular complexity index is 296. The van der Waals surface area contributed by atoms with Gasteiger partial charge in [0.1, 0.15) is 0 Å². The van der Waals surface area contributed by atoms with E-state index in [0.717, 1.165) is 11.0 Å². The van der Waals surface area contributed by atoms with Gasteiger partial charge in [0.15, 0.2) is 0 Å². The van der Waals surface area contributed by atoms with E-state index in [1.165, 1.54) is 0 Å². The van der Waals surface area contributed by atoms with Crippen LogP contribution < -0.4 is 10.7 Å². The summed E-state index contributed by atoms with van der Waals surface area (Å²) >= 11 is 5.77. The molecule has 3 nitrogen and oxygen atoms in total. The highest BCUT2D eigenvalue weighted by molar-refractivity contribution is 6.51. The van der Waals surface area contributed by atoms with E-state index in [1.807, 2.05) is 6.07 Å². The van der Waals surface area contributed by atoms with Crippen molar-refractivity contribution in [1.82, 2.24) is 5.23 Å². The molecule has 1 aromatic carbocycles. The van der Waals surface area contributed by atoms with E-state index in [1.54, 1.807) is 19.5 Å². The zero-order valence-electron chi connectivity index (χ0n) is 7.70. The second-order valence-corrected chi connectivity index (χ2v) is 3.26. The number of rotatable bonds is 5. The lowest BCUT2D eigenvalue weighted by Gasteiger charge is -2.07. The third-order valence-corrected chi connectivity index (χ3v) is 2.02. The van der Waals surface area contributed by atoms with Crippen molar-refractivity contribution in [1.29, 1.82) is 0 Å². The van der Waals surface area contributed by atoms with Crippen LogP contribution in [0, 0.1) is 0 Å². The van der Waals surface area contributed by atoms with E-state index in [2.05, 4.69) is 5.23 Å². The molecular weight excluding hydrogens is 200 g/mol. The summed E-state index contributed by atoms with van der Waals surface area (Å²) in [4.78, 5) is 0. The summed E-state index contributed by atoms with van der Waals surface area (Å²) in [6.07, 6.45) is 0. The van der Waals surface area contributed by atoms with Crippen LogP contribution in [0.3, 0.4) is 0 Å². The second kappa shape index (κ2) is 6.04. The van der Waals surface area contributed by atoms with Crippen LogP contribution in [0.2, 0.25) is 5.02 Å². The van der Waals surface area contributed by atoms with Crippen molar-refractivity contribution in [3.05, 3.63) is 28.8 Å². The van der Waals surface area contributed by atoms with Gasteiger partial charge < -0.3 is 15.4 Å². The summed E-state index contributed by atoms with van der Waals surface area (Å²) in [5, 5.41) is 21.1. The van der Waals surface area contributed by atoms with Gasteiger partial charge in [0.2, 0.25) is 7.41 Å².